The fourth-order valence-electron chi connectivity index (χ4n) is 1.54. The van der Waals surface area contributed by atoms with Gasteiger partial charge in [0.2, 0.25) is 0 Å². The molecule has 21 heavy (non-hydrogen) atoms. The van der Waals surface area contributed by atoms with Crippen LogP contribution in [0.15, 0.2) is 40.7 Å². The van der Waals surface area contributed by atoms with E-state index in [-0.39, 0.29) is 4.21 Å². The van der Waals surface area contributed by atoms with Gasteiger partial charge in [-0.1, -0.05) is 12.1 Å². The Morgan fingerprint density at radius 3 is 2.81 bits per heavy atom. The molecule has 0 saturated heterocycles. The molecule has 0 amide bonds. The summed E-state index contributed by atoms with van der Waals surface area (Å²) in [4.78, 5) is 14.4. The number of rotatable bonds is 5. The molecule has 8 heteroatoms. The van der Waals surface area contributed by atoms with E-state index < -0.39 is 16.0 Å². The van der Waals surface area contributed by atoms with Crippen molar-refractivity contribution >= 4 is 39.1 Å². The van der Waals surface area contributed by atoms with Gasteiger partial charge in [0.25, 0.3) is 10.0 Å². The van der Waals surface area contributed by atoms with E-state index >= 15 is 0 Å². The maximum atomic E-state index is 12.1. The van der Waals surface area contributed by atoms with Gasteiger partial charge in [0.15, 0.2) is 4.21 Å². The summed E-state index contributed by atoms with van der Waals surface area (Å²) in [6.45, 7) is 1.72. The van der Waals surface area contributed by atoms with E-state index in [1.807, 2.05) is 0 Å². The fraction of sp³-hybridized carbons (Fsp3) is 0.0769. The molecule has 0 atom stereocenters. The molecule has 0 saturated carbocycles. The number of hydrogen-bond acceptors (Lipinski definition) is 5. The summed E-state index contributed by atoms with van der Waals surface area (Å²) < 4.78 is 26.8. The number of aryl methyl sites for hydroxylation is 1. The van der Waals surface area contributed by atoms with E-state index in [9.17, 15) is 13.2 Å². The molecule has 110 valence electrons. The summed E-state index contributed by atoms with van der Waals surface area (Å²) in [6, 6.07) is 6.44. The Labute approximate surface area is 125 Å². The highest BCUT2D eigenvalue weighted by Crippen LogP contribution is 2.22. The summed E-state index contributed by atoms with van der Waals surface area (Å²) in [5.41, 5.74) is 0.937. The summed E-state index contributed by atoms with van der Waals surface area (Å²) in [7, 11) is -3.67. The number of carboxylic acids is 1. The topological polar surface area (TPSA) is 96.4 Å². The Kier molecular flexibility index (Phi) is 4.39. The average Bonchev–Trinajstić information content (AvgIpc) is 2.84. The summed E-state index contributed by atoms with van der Waals surface area (Å²) in [6.07, 6.45) is 3.67. The second-order valence-electron chi connectivity index (χ2n) is 4.10. The van der Waals surface area contributed by atoms with Gasteiger partial charge in [0.05, 0.1) is 11.2 Å². The van der Waals surface area contributed by atoms with Crippen molar-refractivity contribution in [3.8, 4) is 0 Å². The van der Waals surface area contributed by atoms with Gasteiger partial charge in [-0.15, -0.1) is 11.3 Å². The van der Waals surface area contributed by atoms with Crippen LogP contribution in [0, 0.1) is 6.92 Å². The first-order valence-electron chi connectivity index (χ1n) is 5.83. The third-order valence-electron chi connectivity index (χ3n) is 2.42. The van der Waals surface area contributed by atoms with Gasteiger partial charge < -0.3 is 5.11 Å². The smallest absolute Gasteiger partial charge is 0.328 e. The van der Waals surface area contributed by atoms with E-state index in [0.29, 0.717) is 16.3 Å². The predicted molar refractivity (Wildman–Crippen MR) is 80.8 cm³/mol. The molecule has 2 rings (SSSR count). The number of carbonyl (C=O) groups is 1. The van der Waals surface area contributed by atoms with Gasteiger partial charge in [0.1, 0.15) is 0 Å². The highest BCUT2D eigenvalue weighted by atomic mass is 32.2. The molecule has 0 fully saturated rings. The van der Waals surface area contributed by atoms with Gasteiger partial charge in [-0.2, -0.15) is 0 Å². The van der Waals surface area contributed by atoms with Crippen molar-refractivity contribution in [3.63, 3.8) is 0 Å². The molecular formula is C13H12N2O4S2. The maximum Gasteiger partial charge on any atom is 0.328 e. The van der Waals surface area contributed by atoms with Gasteiger partial charge in [0, 0.05) is 11.8 Å². The van der Waals surface area contributed by atoms with Crippen molar-refractivity contribution in [3.05, 3.63) is 47.1 Å². The number of hydrogen-bond donors (Lipinski definition) is 2. The van der Waals surface area contributed by atoms with E-state index in [0.717, 1.165) is 17.4 Å². The van der Waals surface area contributed by atoms with E-state index in [1.54, 1.807) is 31.2 Å². The molecule has 2 aromatic rings. The van der Waals surface area contributed by atoms with Crippen LogP contribution in [0.4, 0.5) is 5.69 Å². The lowest BCUT2D eigenvalue weighted by Gasteiger charge is -2.06. The highest BCUT2D eigenvalue weighted by molar-refractivity contribution is 7.94. The molecular weight excluding hydrogens is 312 g/mol. The zero-order valence-electron chi connectivity index (χ0n) is 11.0. The lowest BCUT2D eigenvalue weighted by molar-refractivity contribution is -0.131. The monoisotopic (exact) mass is 324 g/mol. The van der Waals surface area contributed by atoms with Gasteiger partial charge in [-0.25, -0.2) is 18.2 Å². The third kappa shape index (κ3) is 4.14. The Bertz CT molecular complexity index is 794. The van der Waals surface area contributed by atoms with Crippen molar-refractivity contribution < 1.29 is 18.3 Å². The molecule has 0 bridgehead atoms. The van der Waals surface area contributed by atoms with Crippen molar-refractivity contribution in [2.24, 2.45) is 0 Å². The van der Waals surface area contributed by atoms with Crippen LogP contribution in [0.3, 0.4) is 0 Å². The van der Waals surface area contributed by atoms with Crippen LogP contribution in [0.5, 0.6) is 0 Å². The number of benzene rings is 1. The maximum absolute atomic E-state index is 12.1. The molecule has 6 nitrogen and oxygen atoms in total. The Morgan fingerprint density at radius 2 is 2.19 bits per heavy atom. The largest absolute Gasteiger partial charge is 0.478 e. The summed E-state index contributed by atoms with van der Waals surface area (Å²) in [5, 5.41) is 9.24. The number of carboxylic acid groups (broad SMARTS) is 1. The van der Waals surface area contributed by atoms with Crippen LogP contribution in [-0.2, 0) is 14.8 Å². The number of nitrogens with one attached hydrogen (secondary N) is 1. The van der Waals surface area contributed by atoms with Crippen molar-refractivity contribution in [2.75, 3.05) is 4.72 Å². The molecule has 1 aromatic heterocycles. The summed E-state index contributed by atoms with van der Waals surface area (Å²) in [5.74, 6) is -1.07. The minimum atomic E-state index is -3.67. The number of anilines is 1. The zero-order chi connectivity index (χ0) is 15.5. The molecule has 0 aliphatic rings. The second-order valence-corrected chi connectivity index (χ2v) is 7.24. The first kappa shape index (κ1) is 15.2. The predicted octanol–water partition coefficient (Wildman–Crippen LogP) is 2.35. The standard InChI is InChI=1S/C13H12N2O4S2/c1-9-14-8-13(20-9)21(18,19)15-11-4-2-3-10(7-11)5-6-12(16)17/h2-8,15H,1H3,(H,16,17)/b6-5+. The number of thiazole rings is 1. The number of aliphatic carboxylic acids is 1. The highest BCUT2D eigenvalue weighted by Gasteiger charge is 2.17. The van der Waals surface area contributed by atoms with Crippen molar-refractivity contribution in [2.45, 2.75) is 11.1 Å². The molecule has 0 aliphatic carbocycles. The quantitative estimate of drug-likeness (QED) is 0.823. The van der Waals surface area contributed by atoms with Gasteiger partial charge in [-0.05, 0) is 30.7 Å². The minimum Gasteiger partial charge on any atom is -0.478 e. The molecule has 1 heterocycles. The van der Waals surface area contributed by atoms with E-state index in [2.05, 4.69) is 9.71 Å². The zero-order valence-corrected chi connectivity index (χ0v) is 12.6. The SMILES string of the molecule is Cc1ncc(S(=O)(=O)Nc2cccc(/C=C/C(=O)O)c2)s1. The van der Waals surface area contributed by atoms with Crippen LogP contribution in [0.2, 0.25) is 0 Å². The van der Waals surface area contributed by atoms with Crippen LogP contribution in [0.1, 0.15) is 10.6 Å². The first-order valence-corrected chi connectivity index (χ1v) is 8.13. The van der Waals surface area contributed by atoms with Crippen LogP contribution >= 0.6 is 11.3 Å². The van der Waals surface area contributed by atoms with Gasteiger partial charge >= 0.3 is 5.97 Å². The Morgan fingerprint density at radius 1 is 1.43 bits per heavy atom. The first-order chi connectivity index (χ1) is 9.87. The lowest BCUT2D eigenvalue weighted by atomic mass is 10.2. The number of sulfonamides is 1. The minimum absolute atomic E-state index is 0.131. The Hall–Kier alpha value is -2.19. The molecule has 0 unspecified atom stereocenters. The van der Waals surface area contributed by atoms with Crippen LogP contribution in [0.25, 0.3) is 6.08 Å². The van der Waals surface area contributed by atoms with Crippen LogP contribution < -0.4 is 4.72 Å². The van der Waals surface area contributed by atoms with Crippen molar-refractivity contribution in [1.82, 2.24) is 4.98 Å². The van der Waals surface area contributed by atoms with E-state index in [1.165, 1.54) is 12.3 Å². The fourth-order valence-corrected chi connectivity index (χ4v) is 3.70. The van der Waals surface area contributed by atoms with Gasteiger partial charge in [-0.3, -0.25) is 4.72 Å². The van der Waals surface area contributed by atoms with Crippen LogP contribution in [-0.4, -0.2) is 24.5 Å². The molecule has 0 radical (unpaired) electrons. The average molecular weight is 324 g/mol. The third-order valence-corrected chi connectivity index (χ3v) is 5.18. The molecule has 1 aromatic carbocycles. The number of aromatic nitrogens is 1. The summed E-state index contributed by atoms with van der Waals surface area (Å²) >= 11 is 1.08. The molecule has 2 N–H and O–H groups in total. The molecule has 0 spiro atoms. The lowest BCUT2D eigenvalue weighted by Crippen LogP contribution is -2.11. The van der Waals surface area contributed by atoms with Crippen molar-refractivity contribution in [1.29, 1.82) is 0 Å². The second kappa shape index (κ2) is 6.06. The Balaban J connectivity index is 2.23. The molecule has 0 aliphatic heterocycles. The number of nitrogens with zero attached hydrogens (tertiary/aromatic N) is 1. The normalized spacial score (nSPS) is 11.7. The van der Waals surface area contributed by atoms with E-state index in [4.69, 9.17) is 5.11 Å².